The zero-order valence-corrected chi connectivity index (χ0v) is 16.4. The first-order valence-corrected chi connectivity index (χ1v) is 7.95. The molecule has 0 unspecified atom stereocenters. The van der Waals surface area contributed by atoms with Crippen LogP contribution in [0.2, 0.25) is 0 Å². The van der Waals surface area contributed by atoms with Crippen molar-refractivity contribution in [2.24, 2.45) is 0 Å². The Hall–Kier alpha value is -3.22. The number of aromatic hydroxyl groups is 1. The van der Waals surface area contributed by atoms with Crippen molar-refractivity contribution in [1.29, 1.82) is 5.26 Å². The van der Waals surface area contributed by atoms with Crippen molar-refractivity contribution < 1.29 is 48.9 Å². The zero-order chi connectivity index (χ0) is 21.6. The van der Waals surface area contributed by atoms with Crippen molar-refractivity contribution >= 4 is 5.78 Å². The van der Waals surface area contributed by atoms with Gasteiger partial charge >= 0.3 is 0 Å². The van der Waals surface area contributed by atoms with Crippen LogP contribution in [0.1, 0.15) is 32.7 Å². The van der Waals surface area contributed by atoms with Gasteiger partial charge in [-0.3, -0.25) is 4.79 Å². The second kappa shape index (κ2) is 8.26. The van der Waals surface area contributed by atoms with Crippen LogP contribution in [0.25, 0.3) is 5.69 Å². The third-order valence-electron chi connectivity index (χ3n) is 4.13. The molecule has 0 aliphatic heterocycles. The number of aryl methyl sites for hydroxylation is 2. The monoisotopic (exact) mass is 462 g/mol. The predicted molar refractivity (Wildman–Crippen MR) is 89.1 cm³/mol. The van der Waals surface area contributed by atoms with E-state index in [4.69, 9.17) is 5.26 Å². The zero-order valence-electron chi connectivity index (χ0n) is 15.2. The Kier molecular flexibility index (Phi) is 6.35. The van der Waals surface area contributed by atoms with Crippen molar-refractivity contribution in [3.05, 3.63) is 75.2 Å². The molecule has 0 bridgehead atoms. The molecule has 0 saturated heterocycles. The minimum absolute atomic E-state index is 0. The van der Waals surface area contributed by atoms with E-state index in [1.54, 1.807) is 0 Å². The van der Waals surface area contributed by atoms with Gasteiger partial charge < -0.3 is 5.11 Å². The van der Waals surface area contributed by atoms with Crippen LogP contribution in [0.5, 0.6) is 5.88 Å². The normalized spacial score (nSPS) is 10.5. The molecule has 1 aromatic heterocycles. The van der Waals surface area contributed by atoms with Gasteiger partial charge in [-0.1, -0.05) is 0 Å². The van der Waals surface area contributed by atoms with Crippen LogP contribution in [0.15, 0.2) is 18.2 Å². The van der Waals surface area contributed by atoms with E-state index >= 15 is 0 Å². The van der Waals surface area contributed by atoms with Gasteiger partial charge in [0.2, 0.25) is 5.88 Å². The maximum absolute atomic E-state index is 14.3. The SMILES string of the molecule is Cc1cc(F)cc(C(=O)c2c(C)nn(-c3c(F)c(F)c(C#N)c(F)c3F)c2O)c1.[Mn]. The number of nitrogens with zero attached hydrogens (tertiary/aromatic N) is 3. The summed E-state index contributed by atoms with van der Waals surface area (Å²) in [5, 5.41) is 22.6. The quantitative estimate of drug-likeness (QED) is 0.277. The summed E-state index contributed by atoms with van der Waals surface area (Å²) in [6, 6.07) is 4.34. The number of carbonyl (C=O) groups excluding carboxylic acids is 1. The number of aromatic nitrogens is 2. The van der Waals surface area contributed by atoms with Gasteiger partial charge in [-0.25, -0.2) is 22.0 Å². The molecule has 0 atom stereocenters. The van der Waals surface area contributed by atoms with Crippen LogP contribution >= 0.6 is 0 Å². The molecular formula is C19H10F5MnN3O2. The fourth-order valence-electron chi connectivity index (χ4n) is 2.85. The molecule has 5 nitrogen and oxygen atoms in total. The molecule has 11 heteroatoms. The number of rotatable bonds is 3. The molecule has 0 saturated carbocycles. The van der Waals surface area contributed by atoms with Crippen molar-refractivity contribution in [2.75, 3.05) is 0 Å². The summed E-state index contributed by atoms with van der Waals surface area (Å²) in [7, 11) is 0. The summed E-state index contributed by atoms with van der Waals surface area (Å²) in [5.41, 5.74) is -3.50. The largest absolute Gasteiger partial charge is 0.493 e. The van der Waals surface area contributed by atoms with Crippen LogP contribution in [-0.4, -0.2) is 20.7 Å². The second-order valence-electron chi connectivity index (χ2n) is 6.13. The molecule has 0 amide bonds. The summed E-state index contributed by atoms with van der Waals surface area (Å²) in [6.45, 7) is 2.71. The van der Waals surface area contributed by atoms with E-state index in [9.17, 15) is 31.9 Å². The molecule has 1 heterocycles. The summed E-state index contributed by atoms with van der Waals surface area (Å²) in [6.07, 6.45) is 0. The van der Waals surface area contributed by atoms with Gasteiger partial charge in [-0.2, -0.15) is 15.0 Å². The summed E-state index contributed by atoms with van der Waals surface area (Å²) < 4.78 is 70.1. The number of benzene rings is 2. The van der Waals surface area contributed by atoms with Gasteiger partial charge in [0.25, 0.3) is 0 Å². The second-order valence-corrected chi connectivity index (χ2v) is 6.13. The smallest absolute Gasteiger partial charge is 0.226 e. The van der Waals surface area contributed by atoms with Gasteiger partial charge in [-0.05, 0) is 37.6 Å². The Morgan fingerprint density at radius 2 is 1.60 bits per heavy atom. The average molecular weight is 462 g/mol. The molecule has 0 spiro atoms. The third kappa shape index (κ3) is 3.56. The number of halogens is 5. The van der Waals surface area contributed by atoms with Crippen LogP contribution in [0, 0.1) is 54.3 Å². The Morgan fingerprint density at radius 3 is 2.10 bits per heavy atom. The molecule has 155 valence electrons. The predicted octanol–water partition coefficient (Wildman–Crippen LogP) is 3.99. The maximum Gasteiger partial charge on any atom is 0.226 e. The van der Waals surface area contributed by atoms with E-state index < -0.39 is 57.6 Å². The van der Waals surface area contributed by atoms with Crippen LogP contribution in [-0.2, 0) is 17.1 Å². The Balaban J connectivity index is 0.00000320. The van der Waals surface area contributed by atoms with E-state index in [0.717, 1.165) is 18.2 Å². The molecule has 3 aromatic rings. The first-order valence-electron chi connectivity index (χ1n) is 7.95. The summed E-state index contributed by atoms with van der Waals surface area (Å²) in [4.78, 5) is 12.7. The van der Waals surface area contributed by atoms with Crippen LogP contribution in [0.3, 0.4) is 0 Å². The van der Waals surface area contributed by atoms with E-state index in [1.165, 1.54) is 19.9 Å². The average Bonchev–Trinajstić information content (AvgIpc) is 2.93. The molecule has 0 aliphatic rings. The van der Waals surface area contributed by atoms with E-state index in [0.29, 0.717) is 5.56 Å². The third-order valence-corrected chi connectivity index (χ3v) is 4.13. The van der Waals surface area contributed by atoms with Gasteiger partial charge in [0.1, 0.15) is 28.7 Å². The molecule has 0 fully saturated rings. The number of hydrogen-bond acceptors (Lipinski definition) is 4. The van der Waals surface area contributed by atoms with Crippen molar-refractivity contribution in [3.8, 4) is 17.6 Å². The minimum Gasteiger partial charge on any atom is -0.493 e. The molecule has 2 aromatic carbocycles. The van der Waals surface area contributed by atoms with Gasteiger partial charge in [0, 0.05) is 22.6 Å². The number of carbonyl (C=O) groups is 1. The number of nitriles is 1. The Bertz CT molecular complexity index is 1180. The Labute approximate surface area is 176 Å². The Morgan fingerprint density at radius 1 is 1.03 bits per heavy atom. The van der Waals surface area contributed by atoms with E-state index in [1.807, 2.05) is 0 Å². The minimum atomic E-state index is -1.99. The van der Waals surface area contributed by atoms with Crippen molar-refractivity contribution in [2.45, 2.75) is 13.8 Å². The standard InChI is InChI=1S/C19H10F5N3O2.Mn/c1-7-3-9(5-10(20)4-7)18(28)12-8(2)26-27(19(12)29)17-15(23)13(21)11(6-25)14(22)16(17)24;/h3-5,29H,1-2H3;. The first kappa shape index (κ1) is 23.1. The maximum atomic E-state index is 14.3. The summed E-state index contributed by atoms with van der Waals surface area (Å²) >= 11 is 0. The van der Waals surface area contributed by atoms with Crippen molar-refractivity contribution in [1.82, 2.24) is 9.78 Å². The van der Waals surface area contributed by atoms with E-state index in [2.05, 4.69) is 5.10 Å². The fraction of sp³-hybridized carbons (Fsp3) is 0.105. The summed E-state index contributed by atoms with van der Waals surface area (Å²) in [5.74, 6) is -10.7. The van der Waals surface area contributed by atoms with Gasteiger partial charge in [0.15, 0.2) is 29.1 Å². The molecule has 30 heavy (non-hydrogen) atoms. The van der Waals surface area contributed by atoms with Gasteiger partial charge in [0.05, 0.1) is 5.69 Å². The van der Waals surface area contributed by atoms with Crippen LogP contribution in [0.4, 0.5) is 22.0 Å². The molecular weight excluding hydrogens is 452 g/mol. The van der Waals surface area contributed by atoms with Crippen molar-refractivity contribution in [3.63, 3.8) is 0 Å². The van der Waals surface area contributed by atoms with Gasteiger partial charge in [-0.15, -0.1) is 0 Å². The number of hydrogen-bond donors (Lipinski definition) is 1. The number of ketones is 1. The molecule has 3 rings (SSSR count). The molecule has 0 aliphatic carbocycles. The molecule has 1 radical (unpaired) electrons. The van der Waals surface area contributed by atoms with E-state index in [-0.39, 0.29) is 33.0 Å². The topological polar surface area (TPSA) is 78.9 Å². The first-order chi connectivity index (χ1) is 13.6. The van der Waals surface area contributed by atoms with Crippen LogP contribution < -0.4 is 0 Å². The fourth-order valence-corrected chi connectivity index (χ4v) is 2.85. The molecule has 1 N–H and O–H groups in total.